The molecule has 0 unspecified atom stereocenters. The molecule has 1 aromatic rings. The van der Waals surface area contributed by atoms with E-state index in [-0.39, 0.29) is 0 Å². The van der Waals surface area contributed by atoms with Gasteiger partial charge in [-0.15, -0.1) is 0 Å². The van der Waals surface area contributed by atoms with Crippen LogP contribution >= 0.6 is 11.6 Å². The first-order chi connectivity index (χ1) is 8.72. The molecule has 0 fully saturated rings. The summed E-state index contributed by atoms with van der Waals surface area (Å²) in [6.45, 7) is 5.91. The van der Waals surface area contributed by atoms with Crippen LogP contribution in [0.5, 0.6) is 11.5 Å². The molecule has 0 aliphatic heterocycles. The summed E-state index contributed by atoms with van der Waals surface area (Å²) in [6, 6.07) is 3.86. The van der Waals surface area contributed by atoms with Gasteiger partial charge in [-0.1, -0.05) is 24.9 Å². The number of benzene rings is 1. The van der Waals surface area contributed by atoms with Gasteiger partial charge in [0.15, 0.2) is 11.5 Å². The molecular formula is C14H22ClNO2. The van der Waals surface area contributed by atoms with Gasteiger partial charge in [-0.2, -0.15) is 0 Å². The quantitative estimate of drug-likeness (QED) is 0.737. The second kappa shape index (κ2) is 8.22. The average molecular weight is 272 g/mol. The Morgan fingerprint density at radius 1 is 1.22 bits per heavy atom. The van der Waals surface area contributed by atoms with Crippen LogP contribution in [0.25, 0.3) is 0 Å². The number of halogens is 1. The maximum absolute atomic E-state index is 6.24. The third kappa shape index (κ3) is 4.39. The first kappa shape index (κ1) is 15.1. The molecule has 102 valence electrons. The molecule has 0 bridgehead atoms. The van der Waals surface area contributed by atoms with Crippen molar-refractivity contribution in [1.82, 2.24) is 0 Å². The zero-order valence-electron chi connectivity index (χ0n) is 11.2. The SMILES string of the molecule is CCCCOc1c(Cl)cc(CCN)cc1OCC. The van der Waals surface area contributed by atoms with Crippen molar-refractivity contribution in [3.8, 4) is 11.5 Å². The smallest absolute Gasteiger partial charge is 0.179 e. The summed E-state index contributed by atoms with van der Waals surface area (Å²) in [4.78, 5) is 0. The molecule has 1 rings (SSSR count). The summed E-state index contributed by atoms with van der Waals surface area (Å²) in [5.74, 6) is 1.36. The van der Waals surface area contributed by atoms with Crippen molar-refractivity contribution >= 4 is 11.6 Å². The Labute approximate surface area is 114 Å². The molecule has 0 radical (unpaired) electrons. The minimum atomic E-state index is 0.590. The molecule has 0 aromatic heterocycles. The largest absolute Gasteiger partial charge is 0.490 e. The summed E-state index contributed by atoms with van der Waals surface area (Å²) in [6.07, 6.45) is 2.88. The minimum Gasteiger partial charge on any atom is -0.490 e. The van der Waals surface area contributed by atoms with Crippen molar-refractivity contribution in [3.05, 3.63) is 22.7 Å². The molecule has 0 saturated heterocycles. The van der Waals surface area contributed by atoms with Gasteiger partial charge in [-0.3, -0.25) is 0 Å². The first-order valence-corrected chi connectivity index (χ1v) is 6.88. The van der Waals surface area contributed by atoms with Crippen LogP contribution in [-0.4, -0.2) is 19.8 Å². The molecular weight excluding hydrogens is 250 g/mol. The number of hydrogen-bond donors (Lipinski definition) is 1. The Morgan fingerprint density at radius 3 is 2.61 bits per heavy atom. The Kier molecular flexibility index (Phi) is 6.91. The van der Waals surface area contributed by atoms with E-state index in [4.69, 9.17) is 26.8 Å². The lowest BCUT2D eigenvalue weighted by Gasteiger charge is -2.15. The van der Waals surface area contributed by atoms with Crippen molar-refractivity contribution in [3.63, 3.8) is 0 Å². The van der Waals surface area contributed by atoms with E-state index < -0.39 is 0 Å². The molecule has 0 spiro atoms. The highest BCUT2D eigenvalue weighted by molar-refractivity contribution is 6.32. The van der Waals surface area contributed by atoms with E-state index in [1.807, 2.05) is 19.1 Å². The lowest BCUT2D eigenvalue weighted by Crippen LogP contribution is -2.05. The van der Waals surface area contributed by atoms with E-state index in [2.05, 4.69) is 6.92 Å². The number of unbranched alkanes of at least 4 members (excludes halogenated alkanes) is 1. The van der Waals surface area contributed by atoms with Crippen LogP contribution in [0, 0.1) is 0 Å². The molecule has 0 atom stereocenters. The van der Waals surface area contributed by atoms with Gasteiger partial charge in [0.05, 0.1) is 18.2 Å². The van der Waals surface area contributed by atoms with Gasteiger partial charge in [-0.25, -0.2) is 0 Å². The van der Waals surface area contributed by atoms with Crippen molar-refractivity contribution < 1.29 is 9.47 Å². The zero-order valence-corrected chi connectivity index (χ0v) is 11.9. The molecule has 0 aliphatic carbocycles. The third-order valence-electron chi connectivity index (χ3n) is 2.55. The standard InChI is InChI=1S/C14H22ClNO2/c1-3-5-8-18-14-12(15)9-11(6-7-16)10-13(14)17-4-2/h9-10H,3-8,16H2,1-2H3. The molecule has 0 heterocycles. The Bertz CT molecular complexity index is 369. The molecule has 18 heavy (non-hydrogen) atoms. The summed E-state index contributed by atoms with van der Waals surface area (Å²) in [7, 11) is 0. The van der Waals surface area contributed by atoms with Gasteiger partial charge in [0.2, 0.25) is 0 Å². The van der Waals surface area contributed by atoms with Crippen molar-refractivity contribution in [2.75, 3.05) is 19.8 Å². The van der Waals surface area contributed by atoms with Crippen LogP contribution in [0.4, 0.5) is 0 Å². The second-order valence-corrected chi connectivity index (χ2v) is 4.49. The van der Waals surface area contributed by atoms with E-state index in [0.29, 0.717) is 36.3 Å². The van der Waals surface area contributed by atoms with E-state index >= 15 is 0 Å². The monoisotopic (exact) mass is 271 g/mol. The molecule has 0 aliphatic rings. The fourth-order valence-corrected chi connectivity index (χ4v) is 1.94. The second-order valence-electron chi connectivity index (χ2n) is 4.08. The molecule has 1 aromatic carbocycles. The predicted molar refractivity (Wildman–Crippen MR) is 75.8 cm³/mol. The molecule has 4 heteroatoms. The van der Waals surface area contributed by atoms with Crippen LogP contribution < -0.4 is 15.2 Å². The highest BCUT2D eigenvalue weighted by Gasteiger charge is 2.12. The van der Waals surface area contributed by atoms with Crippen LogP contribution in [0.3, 0.4) is 0 Å². The normalized spacial score (nSPS) is 10.4. The maximum Gasteiger partial charge on any atom is 0.179 e. The fraction of sp³-hybridized carbons (Fsp3) is 0.571. The summed E-state index contributed by atoms with van der Waals surface area (Å²) in [5, 5.41) is 0.598. The van der Waals surface area contributed by atoms with Crippen LogP contribution in [0.2, 0.25) is 5.02 Å². The highest BCUT2D eigenvalue weighted by atomic mass is 35.5. The van der Waals surface area contributed by atoms with E-state index in [0.717, 1.165) is 24.8 Å². The van der Waals surface area contributed by atoms with Gasteiger partial charge < -0.3 is 15.2 Å². The third-order valence-corrected chi connectivity index (χ3v) is 2.83. The first-order valence-electron chi connectivity index (χ1n) is 6.51. The minimum absolute atomic E-state index is 0.590. The summed E-state index contributed by atoms with van der Waals surface area (Å²) < 4.78 is 11.3. The van der Waals surface area contributed by atoms with Crippen molar-refractivity contribution in [2.45, 2.75) is 33.1 Å². The van der Waals surface area contributed by atoms with Gasteiger partial charge in [0.25, 0.3) is 0 Å². The Hall–Kier alpha value is -0.930. The van der Waals surface area contributed by atoms with Gasteiger partial charge in [-0.05, 0) is 44.0 Å². The Morgan fingerprint density at radius 2 is 2.00 bits per heavy atom. The van der Waals surface area contributed by atoms with E-state index in [1.165, 1.54) is 0 Å². The van der Waals surface area contributed by atoms with Crippen molar-refractivity contribution in [1.29, 1.82) is 0 Å². The number of nitrogens with two attached hydrogens (primary N) is 1. The molecule has 2 N–H and O–H groups in total. The number of hydrogen-bond acceptors (Lipinski definition) is 3. The van der Waals surface area contributed by atoms with Crippen LogP contribution in [0.15, 0.2) is 12.1 Å². The number of rotatable bonds is 8. The van der Waals surface area contributed by atoms with Crippen molar-refractivity contribution in [2.24, 2.45) is 5.73 Å². The lowest BCUT2D eigenvalue weighted by atomic mass is 10.1. The average Bonchev–Trinajstić information content (AvgIpc) is 2.33. The lowest BCUT2D eigenvalue weighted by molar-refractivity contribution is 0.272. The molecule has 0 saturated carbocycles. The fourth-order valence-electron chi connectivity index (χ4n) is 1.65. The van der Waals surface area contributed by atoms with Gasteiger partial charge in [0, 0.05) is 0 Å². The molecule has 3 nitrogen and oxygen atoms in total. The topological polar surface area (TPSA) is 44.5 Å². The Balaban J connectivity index is 2.90. The van der Waals surface area contributed by atoms with E-state index in [1.54, 1.807) is 0 Å². The molecule has 0 amide bonds. The number of ether oxygens (including phenoxy) is 2. The highest BCUT2D eigenvalue weighted by Crippen LogP contribution is 2.36. The van der Waals surface area contributed by atoms with Crippen LogP contribution in [0.1, 0.15) is 32.3 Å². The van der Waals surface area contributed by atoms with Crippen LogP contribution in [-0.2, 0) is 6.42 Å². The zero-order chi connectivity index (χ0) is 13.4. The van der Waals surface area contributed by atoms with Gasteiger partial charge >= 0.3 is 0 Å². The summed E-state index contributed by atoms with van der Waals surface area (Å²) in [5.41, 5.74) is 6.63. The predicted octanol–water partition coefficient (Wildman–Crippen LogP) is 3.42. The van der Waals surface area contributed by atoms with Gasteiger partial charge in [0.1, 0.15) is 0 Å². The van der Waals surface area contributed by atoms with E-state index in [9.17, 15) is 0 Å². The maximum atomic E-state index is 6.24. The summed E-state index contributed by atoms with van der Waals surface area (Å²) >= 11 is 6.24.